The van der Waals surface area contributed by atoms with Crippen LogP contribution in [0.15, 0.2) is 30.6 Å². The van der Waals surface area contributed by atoms with Gasteiger partial charge in [0.15, 0.2) is 0 Å². The molecule has 6 nitrogen and oxygen atoms in total. The van der Waals surface area contributed by atoms with Crippen LogP contribution in [0.25, 0.3) is 0 Å². The van der Waals surface area contributed by atoms with E-state index in [1.54, 1.807) is 0 Å². The van der Waals surface area contributed by atoms with E-state index >= 15 is 0 Å². The van der Waals surface area contributed by atoms with Crippen molar-refractivity contribution in [2.75, 3.05) is 5.32 Å². The fourth-order valence-corrected chi connectivity index (χ4v) is 3.70. The van der Waals surface area contributed by atoms with E-state index in [1.807, 2.05) is 13.8 Å². The third-order valence-corrected chi connectivity index (χ3v) is 6.11. The van der Waals surface area contributed by atoms with E-state index in [9.17, 15) is 10.1 Å². The van der Waals surface area contributed by atoms with Gasteiger partial charge in [-0.1, -0.05) is 56.0 Å². The molecule has 0 aliphatic carbocycles. The summed E-state index contributed by atoms with van der Waals surface area (Å²) >= 11 is 0. The van der Waals surface area contributed by atoms with Gasteiger partial charge in [-0.3, -0.25) is 10.1 Å². The van der Waals surface area contributed by atoms with Crippen molar-refractivity contribution in [3.8, 4) is 0 Å². The molecular weight excluding hydrogens is 320 g/mol. The highest BCUT2D eigenvalue weighted by Crippen LogP contribution is 2.28. The number of aryl methyl sites for hydroxylation is 1. The molecule has 2 aromatic rings. The summed E-state index contributed by atoms with van der Waals surface area (Å²) in [4.78, 5) is 19.0. The molecule has 24 heavy (non-hydrogen) atoms. The zero-order valence-corrected chi connectivity index (χ0v) is 15.8. The molecule has 0 fully saturated rings. The number of hydrogen-bond donors (Lipinski definition) is 1. The van der Waals surface area contributed by atoms with Crippen molar-refractivity contribution in [3.05, 3.63) is 52.0 Å². The average Bonchev–Trinajstić information content (AvgIpc) is 2.53. The fourth-order valence-electron chi connectivity index (χ4n) is 2.53. The molecular formula is C17H24N4O2Si. The summed E-state index contributed by atoms with van der Waals surface area (Å²) in [6.45, 7) is 10.7. The third kappa shape index (κ3) is 3.97. The zero-order chi connectivity index (χ0) is 17.9. The molecule has 0 bridgehead atoms. The Kier molecular flexibility index (Phi) is 5.33. The normalized spacial score (nSPS) is 12.7. The lowest BCUT2D eigenvalue weighted by molar-refractivity contribution is -0.385. The Labute approximate surface area is 143 Å². The van der Waals surface area contributed by atoms with E-state index in [0.717, 1.165) is 5.56 Å². The summed E-state index contributed by atoms with van der Waals surface area (Å²) in [5.74, 6) is 0.272. The Morgan fingerprint density at radius 1 is 1.21 bits per heavy atom. The van der Waals surface area contributed by atoms with Crippen molar-refractivity contribution >= 4 is 24.8 Å². The molecule has 0 saturated heterocycles. The standard InChI is InChI=1S/C17H24N4O2Si/c1-6-15-16(21(22)23)17(19-11-18-15)20-12(2)13-7-9-14(10-8-13)24(3,4)5/h7-12H,6H2,1-5H3,(H,18,19,20). The van der Waals surface area contributed by atoms with Gasteiger partial charge in [0.25, 0.3) is 0 Å². The quantitative estimate of drug-likeness (QED) is 0.491. The number of nitrogens with zero attached hydrogens (tertiary/aromatic N) is 3. The summed E-state index contributed by atoms with van der Waals surface area (Å²) in [5.41, 5.74) is 1.48. The Bertz CT molecular complexity index is 726. The van der Waals surface area contributed by atoms with Gasteiger partial charge < -0.3 is 5.32 Å². The van der Waals surface area contributed by atoms with Gasteiger partial charge in [0, 0.05) is 0 Å². The summed E-state index contributed by atoms with van der Waals surface area (Å²) in [6, 6.07) is 8.40. The first kappa shape index (κ1) is 18.1. The molecule has 1 N–H and O–H groups in total. The predicted octanol–water partition coefficient (Wildman–Crippen LogP) is 3.67. The van der Waals surface area contributed by atoms with E-state index in [-0.39, 0.29) is 17.5 Å². The van der Waals surface area contributed by atoms with Crippen molar-refractivity contribution in [2.24, 2.45) is 0 Å². The van der Waals surface area contributed by atoms with Gasteiger partial charge in [-0.05, 0) is 18.9 Å². The Morgan fingerprint density at radius 3 is 2.33 bits per heavy atom. The number of nitrogens with one attached hydrogen (secondary N) is 1. The second kappa shape index (κ2) is 7.08. The molecule has 0 aliphatic heterocycles. The summed E-state index contributed by atoms with van der Waals surface area (Å²) in [7, 11) is -1.33. The highest BCUT2D eigenvalue weighted by molar-refractivity contribution is 6.88. The monoisotopic (exact) mass is 344 g/mol. The van der Waals surface area contributed by atoms with Crippen molar-refractivity contribution in [2.45, 2.75) is 46.0 Å². The van der Waals surface area contributed by atoms with Gasteiger partial charge >= 0.3 is 5.69 Å². The van der Waals surface area contributed by atoms with E-state index < -0.39 is 13.0 Å². The van der Waals surface area contributed by atoms with Crippen LogP contribution in [0.3, 0.4) is 0 Å². The van der Waals surface area contributed by atoms with Crippen LogP contribution in [0.1, 0.15) is 31.1 Å². The second-order valence-electron chi connectivity index (χ2n) is 6.87. The largest absolute Gasteiger partial charge is 0.358 e. The van der Waals surface area contributed by atoms with Crippen LogP contribution >= 0.6 is 0 Å². The van der Waals surface area contributed by atoms with Crippen molar-refractivity contribution < 1.29 is 4.92 Å². The smallest absolute Gasteiger partial charge is 0.332 e. The second-order valence-corrected chi connectivity index (χ2v) is 11.9. The fraction of sp³-hybridized carbons (Fsp3) is 0.412. The highest BCUT2D eigenvalue weighted by atomic mass is 28.3. The number of rotatable bonds is 6. The first-order valence-electron chi connectivity index (χ1n) is 8.09. The van der Waals surface area contributed by atoms with Crippen LogP contribution in [-0.2, 0) is 6.42 Å². The lowest BCUT2D eigenvalue weighted by Crippen LogP contribution is -2.37. The van der Waals surface area contributed by atoms with Crippen LogP contribution in [0, 0.1) is 10.1 Å². The van der Waals surface area contributed by atoms with E-state index in [2.05, 4.69) is 59.2 Å². The molecule has 1 atom stereocenters. The summed E-state index contributed by atoms with van der Waals surface area (Å²) in [6.07, 6.45) is 1.86. The SMILES string of the molecule is CCc1ncnc(NC(C)c2ccc([Si](C)(C)C)cc2)c1[N+](=O)[O-]. The van der Waals surface area contributed by atoms with Gasteiger partial charge in [-0.2, -0.15) is 0 Å². The Morgan fingerprint density at radius 2 is 1.83 bits per heavy atom. The maximum atomic E-state index is 11.4. The van der Waals surface area contributed by atoms with Crippen LogP contribution in [-0.4, -0.2) is 23.0 Å². The highest BCUT2D eigenvalue weighted by Gasteiger charge is 2.23. The first-order valence-corrected chi connectivity index (χ1v) is 11.6. The number of hydrogen-bond acceptors (Lipinski definition) is 5. The summed E-state index contributed by atoms with van der Waals surface area (Å²) in [5, 5.41) is 15.9. The van der Waals surface area contributed by atoms with Crippen LogP contribution in [0.5, 0.6) is 0 Å². The maximum absolute atomic E-state index is 11.4. The number of aromatic nitrogens is 2. The van der Waals surface area contributed by atoms with Crippen molar-refractivity contribution in [1.29, 1.82) is 0 Å². The molecule has 7 heteroatoms. The molecule has 1 aromatic carbocycles. The lowest BCUT2D eigenvalue weighted by atomic mass is 10.1. The van der Waals surface area contributed by atoms with Crippen molar-refractivity contribution in [1.82, 2.24) is 9.97 Å². The van der Waals surface area contributed by atoms with Gasteiger partial charge in [0.2, 0.25) is 5.82 Å². The third-order valence-electron chi connectivity index (χ3n) is 4.05. The van der Waals surface area contributed by atoms with Gasteiger partial charge in [0.1, 0.15) is 12.0 Å². The Balaban J connectivity index is 2.27. The number of nitro groups is 1. The summed E-state index contributed by atoms with van der Waals surface area (Å²) < 4.78 is 0. The molecule has 1 unspecified atom stereocenters. The van der Waals surface area contributed by atoms with Gasteiger partial charge in [-0.25, -0.2) is 9.97 Å². The van der Waals surface area contributed by atoms with E-state index in [4.69, 9.17) is 0 Å². The molecule has 0 radical (unpaired) electrons. The van der Waals surface area contributed by atoms with Gasteiger partial charge in [-0.15, -0.1) is 0 Å². The molecule has 0 amide bonds. The number of anilines is 1. The molecule has 2 rings (SSSR count). The van der Waals surface area contributed by atoms with Crippen molar-refractivity contribution in [3.63, 3.8) is 0 Å². The zero-order valence-electron chi connectivity index (χ0n) is 14.8. The molecule has 0 spiro atoms. The molecule has 1 aromatic heterocycles. The molecule has 0 saturated carbocycles. The minimum Gasteiger partial charge on any atom is -0.358 e. The maximum Gasteiger partial charge on any atom is 0.332 e. The minimum absolute atomic E-state index is 0.0365. The van der Waals surface area contributed by atoms with Crippen LogP contribution < -0.4 is 10.5 Å². The lowest BCUT2D eigenvalue weighted by Gasteiger charge is -2.19. The van der Waals surface area contributed by atoms with Crippen LogP contribution in [0.4, 0.5) is 11.5 Å². The Hall–Kier alpha value is -2.28. The van der Waals surface area contributed by atoms with E-state index in [0.29, 0.717) is 12.1 Å². The number of benzene rings is 1. The van der Waals surface area contributed by atoms with E-state index in [1.165, 1.54) is 11.5 Å². The van der Waals surface area contributed by atoms with Gasteiger partial charge in [0.05, 0.1) is 19.0 Å². The topological polar surface area (TPSA) is 81.0 Å². The van der Waals surface area contributed by atoms with Crippen LogP contribution in [0.2, 0.25) is 19.6 Å². The molecule has 128 valence electrons. The molecule has 1 heterocycles. The predicted molar refractivity (Wildman–Crippen MR) is 99.5 cm³/mol. The average molecular weight is 344 g/mol. The first-order chi connectivity index (χ1) is 11.2. The minimum atomic E-state index is -1.33. The molecule has 0 aliphatic rings.